The van der Waals surface area contributed by atoms with Gasteiger partial charge in [0.25, 0.3) is 0 Å². The molecule has 0 aliphatic heterocycles. The number of hydrogen-bond donors (Lipinski definition) is 1. The van der Waals surface area contributed by atoms with Crippen molar-refractivity contribution < 1.29 is 23.0 Å². The van der Waals surface area contributed by atoms with E-state index >= 15 is 0 Å². The predicted octanol–water partition coefficient (Wildman–Crippen LogP) is 4.57. The number of alkyl halides is 3. The Balaban J connectivity index is 2.48. The Morgan fingerprint density at radius 2 is 1.70 bits per heavy atom. The minimum absolute atomic E-state index is 0.545. The topological polar surface area (TPSA) is 29.5 Å². The van der Waals surface area contributed by atoms with Crippen molar-refractivity contribution in [3.63, 3.8) is 0 Å². The molecule has 0 aliphatic carbocycles. The van der Waals surface area contributed by atoms with Crippen LogP contribution < -0.4 is 4.74 Å². The number of phenolic OH excluding ortho intramolecular Hbond substituents is 1. The molecule has 0 spiro atoms. The Morgan fingerprint density at radius 3 is 2.35 bits per heavy atom. The molecular formula is C15H13F3O2. The van der Waals surface area contributed by atoms with Crippen LogP contribution in [-0.4, -0.2) is 11.5 Å². The van der Waals surface area contributed by atoms with Crippen LogP contribution in [0.3, 0.4) is 0 Å². The molecule has 2 rings (SSSR count). The van der Waals surface area contributed by atoms with Crippen molar-refractivity contribution in [3.8, 4) is 22.6 Å². The summed E-state index contributed by atoms with van der Waals surface area (Å²) < 4.78 is 40.6. The number of hydrogen-bond acceptors (Lipinski definition) is 2. The van der Waals surface area contributed by atoms with E-state index < -0.39 is 17.9 Å². The maximum Gasteiger partial charge on any atom is 0.573 e. The standard InChI is InChI=1S/C15H13F3O2/c1-9-3-4-10(2)12(7-9)11-5-6-13(19)14(8-11)20-15(16,17)18/h3-8,19H,1-2H3. The number of phenols is 1. The third-order valence-corrected chi connectivity index (χ3v) is 2.89. The lowest BCUT2D eigenvalue weighted by atomic mass is 9.98. The van der Waals surface area contributed by atoms with Gasteiger partial charge in [-0.1, -0.05) is 29.8 Å². The van der Waals surface area contributed by atoms with Crippen LogP contribution >= 0.6 is 0 Å². The first-order valence-corrected chi connectivity index (χ1v) is 5.92. The molecule has 0 fully saturated rings. The zero-order valence-electron chi connectivity index (χ0n) is 11.0. The van der Waals surface area contributed by atoms with Crippen molar-refractivity contribution in [3.05, 3.63) is 47.5 Å². The van der Waals surface area contributed by atoms with Gasteiger partial charge < -0.3 is 9.84 Å². The zero-order valence-corrected chi connectivity index (χ0v) is 11.0. The maximum atomic E-state index is 12.3. The first-order chi connectivity index (χ1) is 9.26. The smallest absolute Gasteiger partial charge is 0.504 e. The van der Waals surface area contributed by atoms with E-state index in [9.17, 15) is 18.3 Å². The van der Waals surface area contributed by atoms with Crippen molar-refractivity contribution in [2.75, 3.05) is 0 Å². The van der Waals surface area contributed by atoms with Crippen LogP contribution in [0, 0.1) is 13.8 Å². The summed E-state index contributed by atoms with van der Waals surface area (Å²) in [6.45, 7) is 3.77. The Bertz CT molecular complexity index is 634. The summed E-state index contributed by atoms with van der Waals surface area (Å²) in [5, 5.41) is 9.44. The molecule has 0 aromatic heterocycles. The van der Waals surface area contributed by atoms with Gasteiger partial charge in [0.2, 0.25) is 0 Å². The second-order valence-electron chi connectivity index (χ2n) is 4.55. The molecule has 0 saturated carbocycles. The van der Waals surface area contributed by atoms with E-state index in [1.165, 1.54) is 12.1 Å². The van der Waals surface area contributed by atoms with E-state index in [0.717, 1.165) is 16.7 Å². The van der Waals surface area contributed by atoms with Gasteiger partial charge in [-0.3, -0.25) is 0 Å². The average Bonchev–Trinajstić information content (AvgIpc) is 2.33. The molecule has 20 heavy (non-hydrogen) atoms. The van der Waals surface area contributed by atoms with Crippen LogP contribution in [0.1, 0.15) is 11.1 Å². The first-order valence-electron chi connectivity index (χ1n) is 5.92. The highest BCUT2D eigenvalue weighted by molar-refractivity contribution is 5.70. The maximum absolute atomic E-state index is 12.3. The molecule has 1 N–H and O–H groups in total. The van der Waals surface area contributed by atoms with E-state index in [-0.39, 0.29) is 0 Å². The van der Waals surface area contributed by atoms with Gasteiger partial charge >= 0.3 is 6.36 Å². The second-order valence-corrected chi connectivity index (χ2v) is 4.55. The van der Waals surface area contributed by atoms with E-state index in [1.54, 1.807) is 6.07 Å². The van der Waals surface area contributed by atoms with E-state index in [2.05, 4.69) is 4.74 Å². The third kappa shape index (κ3) is 3.23. The molecular weight excluding hydrogens is 269 g/mol. The highest BCUT2D eigenvalue weighted by Gasteiger charge is 2.32. The van der Waals surface area contributed by atoms with Crippen LogP contribution in [-0.2, 0) is 0 Å². The first kappa shape index (κ1) is 14.2. The molecule has 0 heterocycles. The van der Waals surface area contributed by atoms with Gasteiger partial charge in [0, 0.05) is 0 Å². The van der Waals surface area contributed by atoms with Gasteiger partial charge in [0.05, 0.1) is 0 Å². The molecule has 0 bridgehead atoms. The van der Waals surface area contributed by atoms with Gasteiger partial charge in [0.1, 0.15) is 0 Å². The van der Waals surface area contributed by atoms with Crippen LogP contribution in [0.2, 0.25) is 0 Å². The highest BCUT2D eigenvalue weighted by Crippen LogP contribution is 2.36. The third-order valence-electron chi connectivity index (χ3n) is 2.89. The summed E-state index contributed by atoms with van der Waals surface area (Å²) in [5.41, 5.74) is 3.29. The largest absolute Gasteiger partial charge is 0.573 e. The predicted molar refractivity (Wildman–Crippen MR) is 69.7 cm³/mol. The van der Waals surface area contributed by atoms with Crippen LogP contribution in [0.25, 0.3) is 11.1 Å². The van der Waals surface area contributed by atoms with Gasteiger partial charge in [-0.05, 0) is 42.7 Å². The van der Waals surface area contributed by atoms with Gasteiger partial charge in [0.15, 0.2) is 11.5 Å². The van der Waals surface area contributed by atoms with Crippen molar-refractivity contribution in [2.45, 2.75) is 20.2 Å². The molecule has 0 unspecified atom stereocenters. The summed E-state index contributed by atoms with van der Waals surface area (Å²) in [5.74, 6) is -1.15. The monoisotopic (exact) mass is 282 g/mol. The highest BCUT2D eigenvalue weighted by atomic mass is 19.4. The fraction of sp³-hybridized carbons (Fsp3) is 0.200. The quantitative estimate of drug-likeness (QED) is 0.874. The second kappa shape index (κ2) is 5.07. The lowest BCUT2D eigenvalue weighted by molar-refractivity contribution is -0.275. The van der Waals surface area contributed by atoms with Crippen molar-refractivity contribution >= 4 is 0 Å². The van der Waals surface area contributed by atoms with Crippen molar-refractivity contribution in [1.29, 1.82) is 0 Å². The molecule has 2 nitrogen and oxygen atoms in total. The SMILES string of the molecule is Cc1ccc(C)c(-c2ccc(O)c(OC(F)(F)F)c2)c1. The van der Waals surface area contributed by atoms with Gasteiger partial charge in [-0.25, -0.2) is 0 Å². The number of aryl methyl sites for hydroxylation is 2. The number of ether oxygens (including phenoxy) is 1. The summed E-state index contributed by atoms with van der Waals surface area (Å²) in [7, 11) is 0. The Labute approximate surface area is 114 Å². The summed E-state index contributed by atoms with van der Waals surface area (Å²) >= 11 is 0. The van der Waals surface area contributed by atoms with Crippen molar-refractivity contribution in [1.82, 2.24) is 0 Å². The van der Waals surface area contributed by atoms with E-state index in [0.29, 0.717) is 5.56 Å². The lowest BCUT2D eigenvalue weighted by Crippen LogP contribution is -2.17. The molecule has 0 radical (unpaired) electrons. The van der Waals surface area contributed by atoms with Crippen LogP contribution in [0.15, 0.2) is 36.4 Å². The molecule has 2 aromatic rings. The number of halogens is 3. The molecule has 106 valence electrons. The molecule has 2 aromatic carbocycles. The van der Waals surface area contributed by atoms with Gasteiger partial charge in [-0.15, -0.1) is 13.2 Å². The molecule has 0 amide bonds. The van der Waals surface area contributed by atoms with Crippen LogP contribution in [0.5, 0.6) is 11.5 Å². The number of aromatic hydroxyl groups is 1. The average molecular weight is 282 g/mol. The fourth-order valence-electron chi connectivity index (χ4n) is 1.93. The molecule has 0 saturated heterocycles. The van der Waals surface area contributed by atoms with E-state index in [1.807, 2.05) is 32.0 Å². The zero-order chi connectivity index (χ0) is 14.9. The normalized spacial score (nSPS) is 11.4. The summed E-state index contributed by atoms with van der Waals surface area (Å²) in [4.78, 5) is 0. The lowest BCUT2D eigenvalue weighted by Gasteiger charge is -2.13. The minimum Gasteiger partial charge on any atom is -0.504 e. The molecule has 0 atom stereocenters. The minimum atomic E-state index is -4.84. The molecule has 5 heteroatoms. The summed E-state index contributed by atoms with van der Waals surface area (Å²) in [6, 6.07) is 9.62. The van der Waals surface area contributed by atoms with Crippen molar-refractivity contribution in [2.24, 2.45) is 0 Å². The Kier molecular flexibility index (Phi) is 3.61. The molecule has 0 aliphatic rings. The van der Waals surface area contributed by atoms with Gasteiger partial charge in [-0.2, -0.15) is 0 Å². The summed E-state index contributed by atoms with van der Waals surface area (Å²) in [6.07, 6.45) is -4.84. The Morgan fingerprint density at radius 1 is 1.00 bits per heavy atom. The fourth-order valence-corrected chi connectivity index (χ4v) is 1.93. The number of benzene rings is 2. The Hall–Kier alpha value is -2.17. The van der Waals surface area contributed by atoms with E-state index in [4.69, 9.17) is 0 Å². The van der Waals surface area contributed by atoms with Crippen LogP contribution in [0.4, 0.5) is 13.2 Å². The number of rotatable bonds is 2.